The van der Waals surface area contributed by atoms with Gasteiger partial charge in [-0.25, -0.2) is 0 Å². The highest BCUT2D eigenvalue weighted by Gasteiger charge is 2.20. The van der Waals surface area contributed by atoms with E-state index < -0.39 is 0 Å². The minimum atomic E-state index is -0.0880. The number of amides is 1. The van der Waals surface area contributed by atoms with Crippen molar-refractivity contribution >= 4 is 5.91 Å². The molecule has 1 heterocycles. The molecule has 2 N–H and O–H groups in total. The molecule has 0 aromatic carbocycles. The topological polar surface area (TPSA) is 54.3 Å². The van der Waals surface area contributed by atoms with Crippen molar-refractivity contribution in [3.8, 4) is 0 Å². The van der Waals surface area contributed by atoms with E-state index in [2.05, 4.69) is 17.6 Å². The van der Waals surface area contributed by atoms with Gasteiger partial charge in [0.05, 0.1) is 6.26 Å². The molecule has 0 bridgehead atoms. The van der Waals surface area contributed by atoms with Crippen molar-refractivity contribution < 1.29 is 9.21 Å². The maximum absolute atomic E-state index is 11.9. The van der Waals surface area contributed by atoms with Crippen LogP contribution in [-0.2, 0) is 0 Å². The Bertz CT molecular complexity index is 376. The van der Waals surface area contributed by atoms with Gasteiger partial charge in [-0.05, 0) is 57.2 Å². The number of carbonyl (C=O) groups is 1. The van der Waals surface area contributed by atoms with Crippen LogP contribution in [0, 0.1) is 0 Å². The highest BCUT2D eigenvalue weighted by atomic mass is 16.3. The van der Waals surface area contributed by atoms with Crippen LogP contribution in [-0.4, -0.2) is 24.5 Å². The third-order valence-corrected chi connectivity index (χ3v) is 3.73. The normalized spacial score (nSPS) is 23.8. The van der Waals surface area contributed by atoms with Gasteiger partial charge >= 0.3 is 0 Å². The van der Waals surface area contributed by atoms with Gasteiger partial charge in [-0.1, -0.05) is 6.92 Å². The number of hydrogen-bond donors (Lipinski definition) is 2. The second-order valence-corrected chi connectivity index (χ2v) is 5.31. The van der Waals surface area contributed by atoms with E-state index in [-0.39, 0.29) is 11.9 Å². The third kappa shape index (κ3) is 4.39. The fourth-order valence-electron chi connectivity index (χ4n) is 2.66. The minimum Gasteiger partial charge on any atom is -0.459 e. The Balaban J connectivity index is 1.78. The van der Waals surface area contributed by atoms with Gasteiger partial charge in [0.15, 0.2) is 5.76 Å². The monoisotopic (exact) mass is 264 g/mol. The van der Waals surface area contributed by atoms with Crippen LogP contribution >= 0.6 is 0 Å². The lowest BCUT2D eigenvalue weighted by Gasteiger charge is -2.17. The van der Waals surface area contributed by atoms with E-state index >= 15 is 0 Å². The Morgan fingerprint density at radius 1 is 1.32 bits per heavy atom. The summed E-state index contributed by atoms with van der Waals surface area (Å²) in [6, 6.07) is 4.35. The number of hydrogen-bond acceptors (Lipinski definition) is 3. The predicted octanol–water partition coefficient (Wildman–Crippen LogP) is 2.71. The summed E-state index contributed by atoms with van der Waals surface area (Å²) >= 11 is 0. The van der Waals surface area contributed by atoms with Gasteiger partial charge < -0.3 is 15.1 Å². The van der Waals surface area contributed by atoms with E-state index in [1.54, 1.807) is 12.1 Å². The second kappa shape index (κ2) is 7.34. The largest absolute Gasteiger partial charge is 0.459 e. The van der Waals surface area contributed by atoms with E-state index in [1.807, 2.05) is 0 Å². The molecule has 1 aromatic rings. The van der Waals surface area contributed by atoms with Gasteiger partial charge in [-0.3, -0.25) is 4.79 Å². The number of nitrogens with one attached hydrogen (secondary N) is 2. The zero-order valence-corrected chi connectivity index (χ0v) is 11.7. The number of furan rings is 1. The van der Waals surface area contributed by atoms with E-state index in [1.165, 1.54) is 25.5 Å². The van der Waals surface area contributed by atoms with E-state index in [9.17, 15) is 4.79 Å². The van der Waals surface area contributed by atoms with Crippen molar-refractivity contribution in [3.63, 3.8) is 0 Å². The minimum absolute atomic E-state index is 0.0880. The maximum Gasteiger partial charge on any atom is 0.287 e. The van der Waals surface area contributed by atoms with Crippen molar-refractivity contribution in [2.24, 2.45) is 0 Å². The lowest BCUT2D eigenvalue weighted by Crippen LogP contribution is -2.35. The Morgan fingerprint density at radius 3 is 2.84 bits per heavy atom. The molecule has 0 aliphatic heterocycles. The first-order valence-electron chi connectivity index (χ1n) is 7.37. The molecule has 2 rings (SSSR count). The van der Waals surface area contributed by atoms with Crippen LogP contribution in [0.25, 0.3) is 0 Å². The zero-order valence-electron chi connectivity index (χ0n) is 11.7. The first-order chi connectivity index (χ1) is 9.29. The molecule has 2 atom stereocenters. The number of rotatable bonds is 5. The van der Waals surface area contributed by atoms with Gasteiger partial charge in [0, 0.05) is 12.1 Å². The molecule has 0 saturated heterocycles. The van der Waals surface area contributed by atoms with E-state index in [0.29, 0.717) is 11.8 Å². The van der Waals surface area contributed by atoms with Crippen molar-refractivity contribution in [1.82, 2.24) is 10.6 Å². The molecular formula is C15H24N2O2. The van der Waals surface area contributed by atoms with Crippen LogP contribution in [0.15, 0.2) is 22.8 Å². The highest BCUT2D eigenvalue weighted by Crippen LogP contribution is 2.18. The summed E-state index contributed by atoms with van der Waals surface area (Å²) in [4.78, 5) is 11.9. The summed E-state index contributed by atoms with van der Waals surface area (Å²) in [6.07, 6.45) is 8.35. The summed E-state index contributed by atoms with van der Waals surface area (Å²) in [5.41, 5.74) is 0. The van der Waals surface area contributed by atoms with Crippen molar-refractivity contribution in [3.05, 3.63) is 24.2 Å². The van der Waals surface area contributed by atoms with Gasteiger partial charge in [0.1, 0.15) is 0 Å². The molecule has 4 nitrogen and oxygen atoms in total. The Labute approximate surface area is 114 Å². The van der Waals surface area contributed by atoms with Crippen molar-refractivity contribution in [2.75, 3.05) is 6.54 Å². The van der Waals surface area contributed by atoms with Gasteiger partial charge in [0.25, 0.3) is 5.91 Å². The molecule has 1 aromatic heterocycles. The summed E-state index contributed by atoms with van der Waals surface area (Å²) < 4.78 is 5.12. The van der Waals surface area contributed by atoms with Crippen LogP contribution in [0.1, 0.15) is 56.0 Å². The van der Waals surface area contributed by atoms with E-state index in [4.69, 9.17) is 4.42 Å². The van der Waals surface area contributed by atoms with Crippen LogP contribution in [0.5, 0.6) is 0 Å². The highest BCUT2D eigenvalue weighted by molar-refractivity contribution is 5.91. The smallest absolute Gasteiger partial charge is 0.287 e. The van der Waals surface area contributed by atoms with Gasteiger partial charge in [-0.2, -0.15) is 0 Å². The summed E-state index contributed by atoms with van der Waals surface area (Å²) in [7, 11) is 0. The number of carbonyl (C=O) groups excluding carboxylic acids is 1. The van der Waals surface area contributed by atoms with Crippen LogP contribution < -0.4 is 10.6 Å². The molecular weight excluding hydrogens is 240 g/mol. The van der Waals surface area contributed by atoms with Crippen molar-refractivity contribution in [2.45, 2.75) is 57.5 Å². The quantitative estimate of drug-likeness (QED) is 0.804. The van der Waals surface area contributed by atoms with Crippen molar-refractivity contribution in [1.29, 1.82) is 0 Å². The van der Waals surface area contributed by atoms with Crippen LogP contribution in [0.2, 0.25) is 0 Å². The lowest BCUT2D eigenvalue weighted by molar-refractivity contribution is 0.0905. The first-order valence-corrected chi connectivity index (χ1v) is 7.37. The maximum atomic E-state index is 11.9. The predicted molar refractivity (Wildman–Crippen MR) is 75.1 cm³/mol. The molecule has 4 heteroatoms. The fraction of sp³-hybridized carbons (Fsp3) is 0.667. The molecule has 1 aliphatic rings. The van der Waals surface area contributed by atoms with Crippen LogP contribution in [0.3, 0.4) is 0 Å². The molecule has 19 heavy (non-hydrogen) atoms. The molecule has 106 valence electrons. The molecule has 2 unspecified atom stereocenters. The SMILES string of the molecule is CCCNC1CCCC(NC(=O)c2ccco2)CC1. The first kappa shape index (κ1) is 14.1. The molecule has 0 radical (unpaired) electrons. The van der Waals surface area contributed by atoms with E-state index in [0.717, 1.165) is 25.8 Å². The third-order valence-electron chi connectivity index (χ3n) is 3.73. The Morgan fingerprint density at radius 2 is 2.11 bits per heavy atom. The molecule has 1 aliphatic carbocycles. The fourth-order valence-corrected chi connectivity index (χ4v) is 2.66. The van der Waals surface area contributed by atoms with Gasteiger partial charge in [0.2, 0.25) is 0 Å². The molecule has 0 spiro atoms. The average molecular weight is 264 g/mol. The molecule has 1 saturated carbocycles. The Hall–Kier alpha value is -1.29. The molecule has 1 fully saturated rings. The standard InChI is InChI=1S/C15H24N2O2/c1-2-10-16-12-5-3-6-13(9-8-12)17-15(18)14-7-4-11-19-14/h4,7,11-13,16H,2-3,5-6,8-10H2,1H3,(H,17,18). The van der Waals surface area contributed by atoms with Gasteiger partial charge in [-0.15, -0.1) is 0 Å². The second-order valence-electron chi connectivity index (χ2n) is 5.31. The Kier molecular flexibility index (Phi) is 5.45. The summed E-state index contributed by atoms with van der Waals surface area (Å²) in [5.74, 6) is 0.319. The lowest BCUT2D eigenvalue weighted by atomic mass is 10.1. The molecule has 1 amide bonds. The average Bonchev–Trinajstić information content (AvgIpc) is 2.86. The summed E-state index contributed by atoms with van der Waals surface area (Å²) in [5, 5.41) is 6.66. The van der Waals surface area contributed by atoms with Crippen LogP contribution in [0.4, 0.5) is 0 Å². The summed E-state index contributed by atoms with van der Waals surface area (Å²) in [6.45, 7) is 3.28. The zero-order chi connectivity index (χ0) is 13.5.